The molecule has 3 rings (SSSR count). The minimum Gasteiger partial charge on any atom is -0.296 e. The summed E-state index contributed by atoms with van der Waals surface area (Å²) in [7, 11) is -2.97. The maximum atomic E-state index is 12.2. The van der Waals surface area contributed by atoms with Crippen LogP contribution in [0.2, 0.25) is 0 Å². The third kappa shape index (κ3) is 1.54. The van der Waals surface area contributed by atoms with Crippen molar-refractivity contribution in [2.75, 3.05) is 19.8 Å². The van der Waals surface area contributed by atoms with Gasteiger partial charge in [-0.2, -0.15) is 0 Å². The van der Waals surface area contributed by atoms with Crippen molar-refractivity contribution in [1.82, 2.24) is 4.67 Å². The van der Waals surface area contributed by atoms with E-state index in [-0.39, 0.29) is 11.0 Å². The fourth-order valence-corrected chi connectivity index (χ4v) is 4.39. The fraction of sp³-hybridized carbons (Fsp3) is 1.00. The number of hydrogen-bond acceptors (Lipinski definition) is 3. The molecule has 0 saturated carbocycles. The molecule has 0 aromatic carbocycles. The van der Waals surface area contributed by atoms with Gasteiger partial charge in [-0.25, -0.2) is 9.24 Å². The van der Waals surface area contributed by atoms with Crippen LogP contribution in [-0.2, 0) is 13.6 Å². The first-order valence-electron chi connectivity index (χ1n) is 4.93. The van der Waals surface area contributed by atoms with Crippen LogP contribution in [0.15, 0.2) is 0 Å². The molecule has 0 aromatic rings. The van der Waals surface area contributed by atoms with Gasteiger partial charge in [-0.1, -0.05) is 6.92 Å². The maximum Gasteiger partial charge on any atom is 0.408 e. The molecule has 0 amide bonds. The summed E-state index contributed by atoms with van der Waals surface area (Å²) < 4.78 is 24.8. The van der Waals surface area contributed by atoms with E-state index < -0.39 is 7.75 Å². The molecule has 4 nitrogen and oxygen atoms in total. The SMILES string of the molecule is CC12COP(=O)(OC1)N(C(C)(C)C)C2. The van der Waals surface area contributed by atoms with Crippen LogP contribution in [0.4, 0.5) is 0 Å². The Morgan fingerprint density at radius 2 is 1.79 bits per heavy atom. The first-order valence-corrected chi connectivity index (χ1v) is 6.42. The molecule has 3 aliphatic rings. The standard InChI is InChI=1S/C9H18NO3P/c1-8(2,3)10-5-9(4)6-12-14(10,11)13-7-9/h5-7H2,1-4H3. The monoisotopic (exact) mass is 219 g/mol. The smallest absolute Gasteiger partial charge is 0.296 e. The van der Waals surface area contributed by atoms with Crippen LogP contribution in [0.5, 0.6) is 0 Å². The molecule has 0 aromatic heterocycles. The third-order valence-electron chi connectivity index (χ3n) is 2.75. The third-order valence-corrected chi connectivity index (χ3v) is 5.00. The Labute approximate surface area is 85.2 Å². The largest absolute Gasteiger partial charge is 0.408 e. The molecule has 0 N–H and O–H groups in total. The number of rotatable bonds is 0. The summed E-state index contributed by atoms with van der Waals surface area (Å²) in [6, 6.07) is 0. The summed E-state index contributed by atoms with van der Waals surface area (Å²) >= 11 is 0. The van der Waals surface area contributed by atoms with Crippen molar-refractivity contribution in [2.24, 2.45) is 5.41 Å². The van der Waals surface area contributed by atoms with E-state index in [1.165, 1.54) is 0 Å². The lowest BCUT2D eigenvalue weighted by Gasteiger charge is -2.53. The van der Waals surface area contributed by atoms with Gasteiger partial charge in [-0.15, -0.1) is 0 Å². The first-order chi connectivity index (χ1) is 6.25. The van der Waals surface area contributed by atoms with Gasteiger partial charge in [0, 0.05) is 17.5 Å². The molecule has 0 spiro atoms. The highest BCUT2D eigenvalue weighted by atomic mass is 31.2. The second-order valence-corrected chi connectivity index (χ2v) is 7.49. The second-order valence-electron chi connectivity index (χ2n) is 5.55. The quantitative estimate of drug-likeness (QED) is 0.586. The predicted molar refractivity (Wildman–Crippen MR) is 54.1 cm³/mol. The molecule has 5 heteroatoms. The molecule has 3 saturated heterocycles. The molecule has 0 radical (unpaired) electrons. The maximum absolute atomic E-state index is 12.2. The number of hydrogen-bond donors (Lipinski definition) is 0. The number of fused-ring (bicyclic) bond motifs is 3. The lowest BCUT2D eigenvalue weighted by atomic mass is 9.91. The van der Waals surface area contributed by atoms with Gasteiger partial charge in [-0.05, 0) is 20.8 Å². The Morgan fingerprint density at radius 1 is 1.29 bits per heavy atom. The van der Waals surface area contributed by atoms with E-state index in [1.807, 2.05) is 25.4 Å². The predicted octanol–water partition coefficient (Wildman–Crippen LogP) is 2.26. The summed E-state index contributed by atoms with van der Waals surface area (Å²) in [5.74, 6) is 0. The van der Waals surface area contributed by atoms with Crippen LogP contribution in [-0.4, -0.2) is 30.0 Å². The average molecular weight is 219 g/mol. The Balaban J connectivity index is 2.32. The molecular formula is C9H18NO3P. The van der Waals surface area contributed by atoms with Crippen LogP contribution in [0.1, 0.15) is 27.7 Å². The molecule has 0 aliphatic carbocycles. The molecule has 0 unspecified atom stereocenters. The second kappa shape index (κ2) is 2.82. The lowest BCUT2D eigenvalue weighted by molar-refractivity contribution is -0.0633. The van der Waals surface area contributed by atoms with Crippen molar-refractivity contribution < 1.29 is 13.6 Å². The van der Waals surface area contributed by atoms with Crippen LogP contribution in [0.3, 0.4) is 0 Å². The van der Waals surface area contributed by atoms with Gasteiger partial charge in [0.05, 0.1) is 13.2 Å². The minimum atomic E-state index is -2.97. The summed E-state index contributed by atoms with van der Waals surface area (Å²) in [5.41, 5.74) is -0.170. The van der Waals surface area contributed by atoms with Gasteiger partial charge in [0.25, 0.3) is 0 Å². The Hall–Kier alpha value is 0.110. The zero-order valence-electron chi connectivity index (χ0n) is 9.24. The van der Waals surface area contributed by atoms with E-state index in [4.69, 9.17) is 9.05 Å². The van der Waals surface area contributed by atoms with E-state index in [9.17, 15) is 4.57 Å². The summed E-state index contributed by atoms with van der Waals surface area (Å²) in [4.78, 5) is 0. The van der Waals surface area contributed by atoms with Crippen molar-refractivity contribution in [3.8, 4) is 0 Å². The van der Waals surface area contributed by atoms with Crippen LogP contribution >= 0.6 is 7.75 Å². The van der Waals surface area contributed by atoms with Crippen LogP contribution in [0.25, 0.3) is 0 Å². The van der Waals surface area contributed by atoms with Crippen molar-refractivity contribution >= 4 is 7.75 Å². The topological polar surface area (TPSA) is 38.8 Å². The Bertz CT molecular complexity index is 285. The molecule has 3 aliphatic heterocycles. The molecule has 0 atom stereocenters. The van der Waals surface area contributed by atoms with Gasteiger partial charge in [0.2, 0.25) is 0 Å². The van der Waals surface area contributed by atoms with Crippen molar-refractivity contribution in [3.63, 3.8) is 0 Å². The average Bonchev–Trinajstić information content (AvgIpc) is 2.05. The van der Waals surface area contributed by atoms with Crippen molar-refractivity contribution in [1.29, 1.82) is 0 Å². The zero-order chi connectivity index (χ0) is 10.6. The van der Waals surface area contributed by atoms with Gasteiger partial charge in [0.1, 0.15) is 0 Å². The van der Waals surface area contributed by atoms with Crippen LogP contribution in [0, 0.1) is 5.41 Å². The highest BCUT2D eigenvalue weighted by Crippen LogP contribution is 2.64. The molecule has 2 bridgehead atoms. The highest BCUT2D eigenvalue weighted by molar-refractivity contribution is 7.51. The van der Waals surface area contributed by atoms with E-state index >= 15 is 0 Å². The minimum absolute atomic E-state index is 0.000556. The van der Waals surface area contributed by atoms with E-state index in [0.29, 0.717) is 13.2 Å². The fourth-order valence-electron chi connectivity index (χ4n) is 1.84. The van der Waals surface area contributed by atoms with E-state index in [0.717, 1.165) is 6.54 Å². The van der Waals surface area contributed by atoms with E-state index in [2.05, 4.69) is 6.92 Å². The van der Waals surface area contributed by atoms with Gasteiger partial charge < -0.3 is 0 Å². The lowest BCUT2D eigenvalue weighted by Crippen LogP contribution is -2.55. The molecule has 14 heavy (non-hydrogen) atoms. The van der Waals surface area contributed by atoms with Gasteiger partial charge >= 0.3 is 7.75 Å². The molecule has 3 heterocycles. The van der Waals surface area contributed by atoms with Gasteiger partial charge in [0.15, 0.2) is 0 Å². The Kier molecular flexibility index (Phi) is 2.14. The summed E-state index contributed by atoms with van der Waals surface area (Å²) in [6.45, 7) is 10.1. The summed E-state index contributed by atoms with van der Waals surface area (Å²) in [6.07, 6.45) is 0. The van der Waals surface area contributed by atoms with Crippen LogP contribution < -0.4 is 0 Å². The molecule has 3 fully saturated rings. The molecular weight excluding hydrogens is 201 g/mol. The number of nitrogens with zero attached hydrogens (tertiary/aromatic N) is 1. The normalized spacial score (nSPS) is 44.3. The molecule has 82 valence electrons. The summed E-state index contributed by atoms with van der Waals surface area (Å²) in [5, 5.41) is 0. The van der Waals surface area contributed by atoms with Crippen molar-refractivity contribution in [3.05, 3.63) is 0 Å². The highest BCUT2D eigenvalue weighted by Gasteiger charge is 2.54. The zero-order valence-corrected chi connectivity index (χ0v) is 10.1. The van der Waals surface area contributed by atoms with Gasteiger partial charge in [-0.3, -0.25) is 9.05 Å². The first kappa shape index (κ1) is 10.6. The van der Waals surface area contributed by atoms with Crippen molar-refractivity contribution in [2.45, 2.75) is 33.2 Å². The van der Waals surface area contributed by atoms with E-state index in [1.54, 1.807) is 0 Å². The Morgan fingerprint density at radius 3 is 2.14 bits per heavy atom.